The highest BCUT2D eigenvalue weighted by atomic mass is 79.9. The van der Waals surface area contributed by atoms with E-state index in [9.17, 15) is 0 Å². The van der Waals surface area contributed by atoms with Crippen molar-refractivity contribution in [1.82, 2.24) is 0 Å². The predicted octanol–water partition coefficient (Wildman–Crippen LogP) is 6.97. The molecule has 2 nitrogen and oxygen atoms in total. The van der Waals surface area contributed by atoms with Gasteiger partial charge in [-0.2, -0.15) is 0 Å². The highest BCUT2D eigenvalue weighted by Crippen LogP contribution is 2.27. The summed E-state index contributed by atoms with van der Waals surface area (Å²) in [7, 11) is 0. The topological polar surface area (TPSA) is 21.3 Å². The van der Waals surface area contributed by atoms with Crippen LogP contribution in [0.5, 0.6) is 5.75 Å². The second-order valence-electron chi connectivity index (χ2n) is 6.08. The van der Waals surface area contributed by atoms with E-state index < -0.39 is 0 Å². The molecule has 0 aromatic heterocycles. The van der Waals surface area contributed by atoms with Crippen LogP contribution in [-0.4, -0.2) is 0 Å². The lowest BCUT2D eigenvalue weighted by Gasteiger charge is -2.11. The average Bonchev–Trinajstić information content (AvgIpc) is 2.67. The minimum Gasteiger partial charge on any atom is -0.488 e. The second kappa shape index (κ2) is 9.24. The van der Waals surface area contributed by atoms with Crippen molar-refractivity contribution in [3.8, 4) is 5.75 Å². The fourth-order valence-corrected chi connectivity index (χ4v) is 3.38. The van der Waals surface area contributed by atoms with Gasteiger partial charge in [-0.15, -0.1) is 0 Å². The molecule has 3 aromatic carbocycles. The maximum absolute atomic E-state index is 5.92. The van der Waals surface area contributed by atoms with Crippen LogP contribution < -0.4 is 10.1 Å². The van der Waals surface area contributed by atoms with Crippen molar-refractivity contribution < 1.29 is 4.74 Å². The number of aryl methyl sites for hydroxylation is 1. The van der Waals surface area contributed by atoms with Gasteiger partial charge in [0, 0.05) is 16.7 Å². The van der Waals surface area contributed by atoms with Gasteiger partial charge in [0.25, 0.3) is 0 Å². The summed E-state index contributed by atoms with van der Waals surface area (Å²) >= 11 is 7.06. The summed E-state index contributed by atoms with van der Waals surface area (Å²) in [6.45, 7) is 3.49. The molecule has 0 fully saturated rings. The fourth-order valence-electron chi connectivity index (χ4n) is 2.58. The molecule has 0 aliphatic heterocycles. The molecule has 0 bridgehead atoms. The summed E-state index contributed by atoms with van der Waals surface area (Å²) in [5, 5.41) is 3.46. The zero-order valence-electron chi connectivity index (χ0n) is 14.6. The molecular weight excluding hydrogens is 454 g/mol. The summed E-state index contributed by atoms with van der Waals surface area (Å²) in [4.78, 5) is 0. The van der Waals surface area contributed by atoms with Crippen molar-refractivity contribution in [3.63, 3.8) is 0 Å². The van der Waals surface area contributed by atoms with Gasteiger partial charge in [-0.1, -0.05) is 53.2 Å². The van der Waals surface area contributed by atoms with E-state index in [1.807, 2.05) is 18.2 Å². The number of rotatable bonds is 7. The van der Waals surface area contributed by atoms with Crippen molar-refractivity contribution in [1.29, 1.82) is 0 Å². The van der Waals surface area contributed by atoms with E-state index in [4.69, 9.17) is 4.74 Å². The number of nitrogens with one attached hydrogen (secondary N) is 1. The number of benzene rings is 3. The van der Waals surface area contributed by atoms with Gasteiger partial charge in [-0.3, -0.25) is 0 Å². The summed E-state index contributed by atoms with van der Waals surface area (Å²) in [6.07, 6.45) is 1.06. The molecule has 0 unspecified atom stereocenters. The third kappa shape index (κ3) is 5.36. The molecule has 3 aromatic rings. The second-order valence-corrected chi connectivity index (χ2v) is 7.85. The van der Waals surface area contributed by atoms with E-state index in [-0.39, 0.29) is 0 Å². The van der Waals surface area contributed by atoms with E-state index >= 15 is 0 Å². The van der Waals surface area contributed by atoms with Gasteiger partial charge in [-0.05, 0) is 75.4 Å². The van der Waals surface area contributed by atoms with Crippen LogP contribution in [0.4, 0.5) is 5.69 Å². The van der Waals surface area contributed by atoms with E-state index in [0.29, 0.717) is 6.61 Å². The molecule has 3 rings (SSSR count). The first kappa shape index (κ1) is 19.0. The molecule has 26 heavy (non-hydrogen) atoms. The number of ether oxygens (including phenoxy) is 1. The molecule has 0 saturated heterocycles. The SMILES string of the molecule is CCc1ccc(NCc2ccc(OCc3ccc(Br)cc3)c(Br)c2)cc1. The van der Waals surface area contributed by atoms with Crippen LogP contribution in [0.3, 0.4) is 0 Å². The Balaban J connectivity index is 1.57. The van der Waals surface area contributed by atoms with Gasteiger partial charge in [0.1, 0.15) is 12.4 Å². The van der Waals surface area contributed by atoms with Gasteiger partial charge in [-0.25, -0.2) is 0 Å². The molecule has 0 saturated carbocycles. The summed E-state index contributed by atoms with van der Waals surface area (Å²) < 4.78 is 7.96. The van der Waals surface area contributed by atoms with Gasteiger partial charge < -0.3 is 10.1 Å². The number of halogens is 2. The van der Waals surface area contributed by atoms with Crippen LogP contribution in [0, 0.1) is 0 Å². The summed E-state index contributed by atoms with van der Waals surface area (Å²) in [5.74, 6) is 0.851. The van der Waals surface area contributed by atoms with Crippen LogP contribution in [0.15, 0.2) is 75.7 Å². The van der Waals surface area contributed by atoms with Crippen LogP contribution in [0.2, 0.25) is 0 Å². The first-order valence-corrected chi connectivity index (χ1v) is 10.2. The van der Waals surface area contributed by atoms with Gasteiger partial charge in [0.05, 0.1) is 4.47 Å². The molecule has 134 valence electrons. The number of hydrogen-bond donors (Lipinski definition) is 1. The third-order valence-corrected chi connectivity index (χ3v) is 5.31. The predicted molar refractivity (Wildman–Crippen MR) is 116 cm³/mol. The van der Waals surface area contributed by atoms with Crippen LogP contribution >= 0.6 is 31.9 Å². The Morgan fingerprint density at radius 3 is 2.12 bits per heavy atom. The molecule has 0 heterocycles. The lowest BCUT2D eigenvalue weighted by atomic mass is 10.1. The lowest BCUT2D eigenvalue weighted by Crippen LogP contribution is -2.01. The van der Waals surface area contributed by atoms with Gasteiger partial charge in [0.15, 0.2) is 0 Å². The smallest absolute Gasteiger partial charge is 0.134 e. The number of hydrogen-bond acceptors (Lipinski definition) is 2. The molecular formula is C22H21Br2NO. The monoisotopic (exact) mass is 473 g/mol. The molecule has 0 atom stereocenters. The van der Waals surface area contributed by atoms with E-state index in [2.05, 4.69) is 92.6 Å². The largest absolute Gasteiger partial charge is 0.488 e. The lowest BCUT2D eigenvalue weighted by molar-refractivity contribution is 0.304. The molecule has 0 spiro atoms. The Hall–Kier alpha value is -1.78. The maximum atomic E-state index is 5.92. The zero-order chi connectivity index (χ0) is 18.4. The molecule has 0 amide bonds. The van der Waals surface area contributed by atoms with E-state index in [0.717, 1.165) is 38.9 Å². The third-order valence-electron chi connectivity index (χ3n) is 4.16. The Labute approximate surface area is 171 Å². The molecule has 1 N–H and O–H groups in total. The van der Waals surface area contributed by atoms with Crippen LogP contribution in [0.25, 0.3) is 0 Å². The normalized spacial score (nSPS) is 10.6. The van der Waals surface area contributed by atoms with Crippen molar-refractivity contribution >= 4 is 37.5 Å². The Kier molecular flexibility index (Phi) is 6.75. The minimum atomic E-state index is 0.549. The number of anilines is 1. The Morgan fingerprint density at radius 1 is 0.808 bits per heavy atom. The Morgan fingerprint density at radius 2 is 1.46 bits per heavy atom. The molecule has 0 aliphatic carbocycles. The maximum Gasteiger partial charge on any atom is 0.134 e. The summed E-state index contributed by atoms with van der Waals surface area (Å²) in [6, 6.07) is 23.0. The van der Waals surface area contributed by atoms with Crippen molar-refractivity contribution in [2.75, 3.05) is 5.32 Å². The van der Waals surface area contributed by atoms with Crippen LogP contribution in [-0.2, 0) is 19.6 Å². The van der Waals surface area contributed by atoms with E-state index in [1.54, 1.807) is 0 Å². The highest BCUT2D eigenvalue weighted by Gasteiger charge is 2.04. The quantitative estimate of drug-likeness (QED) is 0.399. The fraction of sp³-hybridized carbons (Fsp3) is 0.182. The molecule has 4 heteroatoms. The zero-order valence-corrected chi connectivity index (χ0v) is 17.8. The summed E-state index contributed by atoms with van der Waals surface area (Å²) in [5.41, 5.74) is 4.83. The van der Waals surface area contributed by atoms with E-state index in [1.165, 1.54) is 11.1 Å². The van der Waals surface area contributed by atoms with Crippen LogP contribution in [0.1, 0.15) is 23.6 Å². The highest BCUT2D eigenvalue weighted by molar-refractivity contribution is 9.10. The minimum absolute atomic E-state index is 0.549. The first-order chi connectivity index (χ1) is 12.6. The Bertz CT molecular complexity index is 845. The standard InChI is InChI=1S/C22H21Br2NO/c1-2-16-5-10-20(11-6-16)25-14-18-7-12-22(21(24)13-18)26-15-17-3-8-19(23)9-4-17/h3-13,25H,2,14-15H2,1H3. The van der Waals surface area contributed by atoms with Crippen molar-refractivity contribution in [3.05, 3.63) is 92.4 Å². The van der Waals surface area contributed by atoms with Crippen molar-refractivity contribution in [2.24, 2.45) is 0 Å². The molecule has 0 aliphatic rings. The van der Waals surface area contributed by atoms with Gasteiger partial charge >= 0.3 is 0 Å². The van der Waals surface area contributed by atoms with Crippen molar-refractivity contribution in [2.45, 2.75) is 26.5 Å². The molecule has 0 radical (unpaired) electrons. The first-order valence-electron chi connectivity index (χ1n) is 8.62. The van der Waals surface area contributed by atoms with Gasteiger partial charge in [0.2, 0.25) is 0 Å². The average molecular weight is 475 g/mol.